The van der Waals surface area contributed by atoms with E-state index in [9.17, 15) is 18.4 Å². The molecule has 31 heavy (non-hydrogen) atoms. The molecule has 0 aliphatic heterocycles. The van der Waals surface area contributed by atoms with Crippen LogP contribution in [0, 0.1) is 11.6 Å². The fourth-order valence-corrected chi connectivity index (χ4v) is 3.12. The minimum absolute atomic E-state index is 0.260. The van der Waals surface area contributed by atoms with E-state index >= 15 is 0 Å². The fraction of sp³-hybridized carbons (Fsp3) is 0. The smallest absolute Gasteiger partial charge is 0.196 e. The van der Waals surface area contributed by atoms with Gasteiger partial charge >= 0.3 is 0 Å². The van der Waals surface area contributed by atoms with E-state index in [-0.39, 0.29) is 34.2 Å². The van der Waals surface area contributed by atoms with E-state index in [4.69, 9.17) is 4.74 Å². The third-order valence-electron chi connectivity index (χ3n) is 4.70. The van der Waals surface area contributed by atoms with E-state index in [0.29, 0.717) is 11.1 Å². The number of halogens is 2. The number of para-hydroxylation sites is 2. The highest BCUT2D eigenvalue weighted by atomic mass is 19.1. The zero-order valence-electron chi connectivity index (χ0n) is 16.2. The van der Waals surface area contributed by atoms with Crippen LogP contribution in [0.4, 0.5) is 8.78 Å². The number of ether oxygens (including phenoxy) is 1. The molecule has 0 aromatic heterocycles. The lowest BCUT2D eigenvalue weighted by atomic mass is 10.0. The Hall–Kier alpha value is -4.12. The number of ketones is 2. The maximum absolute atomic E-state index is 13.2. The van der Waals surface area contributed by atoms with Crippen molar-refractivity contribution in [2.24, 2.45) is 0 Å². The molecule has 5 heteroatoms. The second-order valence-corrected chi connectivity index (χ2v) is 6.77. The van der Waals surface area contributed by atoms with Gasteiger partial charge in [0.2, 0.25) is 0 Å². The van der Waals surface area contributed by atoms with Crippen LogP contribution < -0.4 is 4.74 Å². The number of hydrogen-bond acceptors (Lipinski definition) is 3. The Balaban J connectivity index is 1.68. The average molecular weight is 414 g/mol. The molecule has 0 amide bonds. The van der Waals surface area contributed by atoms with Crippen molar-refractivity contribution in [2.45, 2.75) is 0 Å². The van der Waals surface area contributed by atoms with Gasteiger partial charge in [-0.05, 0) is 72.8 Å². The summed E-state index contributed by atoms with van der Waals surface area (Å²) in [7, 11) is 0. The SMILES string of the molecule is O=C(c1ccc(F)cc1)c1ccccc1Oc1ccccc1C(=O)c1ccc(F)cc1. The third-order valence-corrected chi connectivity index (χ3v) is 4.70. The topological polar surface area (TPSA) is 43.4 Å². The summed E-state index contributed by atoms with van der Waals surface area (Å²) in [4.78, 5) is 25.9. The Morgan fingerprint density at radius 2 is 0.871 bits per heavy atom. The van der Waals surface area contributed by atoms with Gasteiger partial charge in [-0.15, -0.1) is 0 Å². The van der Waals surface area contributed by atoms with Crippen LogP contribution in [-0.4, -0.2) is 11.6 Å². The molecule has 4 aromatic rings. The normalized spacial score (nSPS) is 10.5. The van der Waals surface area contributed by atoms with Crippen LogP contribution in [0.5, 0.6) is 11.5 Å². The van der Waals surface area contributed by atoms with Gasteiger partial charge in [-0.1, -0.05) is 24.3 Å². The van der Waals surface area contributed by atoms with Crippen LogP contribution >= 0.6 is 0 Å². The van der Waals surface area contributed by atoms with Crippen molar-refractivity contribution >= 4 is 11.6 Å². The van der Waals surface area contributed by atoms with Gasteiger partial charge in [0.05, 0.1) is 11.1 Å². The molecule has 0 fully saturated rings. The molecule has 0 saturated heterocycles. The summed E-state index contributed by atoms with van der Waals surface area (Å²) >= 11 is 0. The largest absolute Gasteiger partial charge is 0.456 e. The van der Waals surface area contributed by atoms with E-state index < -0.39 is 11.6 Å². The summed E-state index contributed by atoms with van der Waals surface area (Å²) in [6.45, 7) is 0. The van der Waals surface area contributed by atoms with Gasteiger partial charge < -0.3 is 4.74 Å². The maximum Gasteiger partial charge on any atom is 0.196 e. The summed E-state index contributed by atoms with van der Waals surface area (Å²) in [5.74, 6) is -1.02. The van der Waals surface area contributed by atoms with Gasteiger partial charge in [-0.25, -0.2) is 8.78 Å². The van der Waals surface area contributed by atoms with Crippen LogP contribution in [-0.2, 0) is 0 Å². The molecule has 0 aliphatic rings. The molecule has 3 nitrogen and oxygen atoms in total. The second-order valence-electron chi connectivity index (χ2n) is 6.77. The molecular formula is C26H16F2O3. The number of hydrogen-bond donors (Lipinski definition) is 0. The van der Waals surface area contributed by atoms with Crippen LogP contribution in [0.25, 0.3) is 0 Å². The van der Waals surface area contributed by atoms with Crippen molar-refractivity contribution < 1.29 is 23.1 Å². The maximum atomic E-state index is 13.2. The third kappa shape index (κ3) is 4.41. The first kappa shape index (κ1) is 20.2. The zero-order valence-corrected chi connectivity index (χ0v) is 16.2. The van der Waals surface area contributed by atoms with Crippen molar-refractivity contribution in [2.75, 3.05) is 0 Å². The molecule has 0 aliphatic carbocycles. The van der Waals surface area contributed by atoms with Crippen LogP contribution in [0.1, 0.15) is 31.8 Å². The van der Waals surface area contributed by atoms with Gasteiger partial charge in [0.1, 0.15) is 23.1 Å². The van der Waals surface area contributed by atoms with Crippen LogP contribution in [0.15, 0.2) is 97.1 Å². The summed E-state index contributed by atoms with van der Waals surface area (Å²) in [6, 6.07) is 23.7. The predicted octanol–water partition coefficient (Wildman–Crippen LogP) is 6.22. The van der Waals surface area contributed by atoms with E-state index in [0.717, 1.165) is 0 Å². The first-order chi connectivity index (χ1) is 15.0. The molecule has 0 N–H and O–H groups in total. The van der Waals surface area contributed by atoms with Gasteiger partial charge in [0.15, 0.2) is 11.6 Å². The zero-order chi connectivity index (χ0) is 21.8. The molecule has 4 rings (SSSR count). The quantitative estimate of drug-likeness (QED) is 0.352. The highest BCUT2D eigenvalue weighted by molar-refractivity contribution is 6.12. The van der Waals surface area contributed by atoms with Gasteiger partial charge in [-0.2, -0.15) is 0 Å². The Bertz CT molecular complexity index is 1150. The highest BCUT2D eigenvalue weighted by Crippen LogP contribution is 2.31. The second kappa shape index (κ2) is 8.71. The Labute approximate surface area is 177 Å². The molecule has 0 heterocycles. The molecule has 0 bridgehead atoms. The highest BCUT2D eigenvalue weighted by Gasteiger charge is 2.19. The molecule has 0 spiro atoms. The van der Waals surface area contributed by atoms with Crippen LogP contribution in [0.3, 0.4) is 0 Å². The summed E-state index contributed by atoms with van der Waals surface area (Å²) in [5, 5.41) is 0. The molecule has 0 atom stereocenters. The number of benzene rings is 4. The monoisotopic (exact) mass is 414 g/mol. The molecule has 0 radical (unpaired) electrons. The Morgan fingerprint density at radius 1 is 0.516 bits per heavy atom. The summed E-state index contributed by atoms with van der Waals surface area (Å²) in [5.41, 5.74) is 1.18. The van der Waals surface area contributed by atoms with E-state index in [2.05, 4.69) is 0 Å². The first-order valence-electron chi connectivity index (χ1n) is 9.49. The van der Waals surface area contributed by atoms with Gasteiger partial charge in [-0.3, -0.25) is 9.59 Å². The molecule has 4 aromatic carbocycles. The molecule has 0 unspecified atom stereocenters. The fourth-order valence-electron chi connectivity index (χ4n) is 3.12. The minimum Gasteiger partial charge on any atom is -0.456 e. The van der Waals surface area contributed by atoms with Crippen molar-refractivity contribution in [3.05, 3.63) is 131 Å². The molecular weight excluding hydrogens is 398 g/mol. The van der Waals surface area contributed by atoms with Crippen molar-refractivity contribution in [3.8, 4) is 11.5 Å². The van der Waals surface area contributed by atoms with Crippen molar-refractivity contribution in [1.82, 2.24) is 0 Å². The van der Waals surface area contributed by atoms with Crippen molar-refractivity contribution in [1.29, 1.82) is 0 Å². The first-order valence-corrected chi connectivity index (χ1v) is 9.49. The average Bonchev–Trinajstić information content (AvgIpc) is 2.80. The summed E-state index contributed by atoms with van der Waals surface area (Å²) < 4.78 is 32.4. The number of rotatable bonds is 6. The lowest BCUT2D eigenvalue weighted by Crippen LogP contribution is -2.06. The Morgan fingerprint density at radius 3 is 1.26 bits per heavy atom. The number of carbonyl (C=O) groups is 2. The predicted molar refractivity (Wildman–Crippen MR) is 113 cm³/mol. The van der Waals surface area contributed by atoms with E-state index in [1.165, 1.54) is 48.5 Å². The van der Waals surface area contributed by atoms with E-state index in [1.54, 1.807) is 48.5 Å². The number of carbonyl (C=O) groups excluding carboxylic acids is 2. The standard InChI is InChI=1S/C26H16F2O3/c27-19-13-9-17(10-14-19)25(29)21-5-1-3-7-23(21)31-24-8-4-2-6-22(24)26(30)18-11-15-20(28)16-12-18/h1-16H. The minimum atomic E-state index is -0.436. The van der Waals surface area contributed by atoms with Gasteiger partial charge in [0.25, 0.3) is 0 Å². The Kier molecular flexibility index (Phi) is 5.67. The van der Waals surface area contributed by atoms with Crippen LogP contribution in [0.2, 0.25) is 0 Å². The van der Waals surface area contributed by atoms with Gasteiger partial charge in [0, 0.05) is 11.1 Å². The van der Waals surface area contributed by atoms with Crippen molar-refractivity contribution in [3.63, 3.8) is 0 Å². The lowest BCUT2D eigenvalue weighted by molar-refractivity contribution is 0.103. The molecule has 152 valence electrons. The molecule has 0 saturated carbocycles. The summed E-state index contributed by atoms with van der Waals surface area (Å²) in [6.07, 6.45) is 0. The lowest BCUT2D eigenvalue weighted by Gasteiger charge is -2.13. The van der Waals surface area contributed by atoms with E-state index in [1.807, 2.05) is 0 Å².